The van der Waals surface area contributed by atoms with E-state index in [0.717, 1.165) is 22.0 Å². The summed E-state index contributed by atoms with van der Waals surface area (Å²) >= 11 is 0. The molecule has 0 unspecified atom stereocenters. The molecule has 0 aliphatic heterocycles. The molecule has 0 radical (unpaired) electrons. The Morgan fingerprint density at radius 3 is 2.59 bits per heavy atom. The van der Waals surface area contributed by atoms with E-state index in [4.69, 9.17) is 9.47 Å². The lowest BCUT2D eigenvalue weighted by molar-refractivity contribution is -0.119. The lowest BCUT2D eigenvalue weighted by Crippen LogP contribution is -2.25. The van der Waals surface area contributed by atoms with Gasteiger partial charge in [0.05, 0.1) is 27.0 Å². The first kappa shape index (κ1) is 18.3. The maximum absolute atomic E-state index is 12.0. The molecule has 27 heavy (non-hydrogen) atoms. The van der Waals surface area contributed by atoms with Crippen molar-refractivity contribution in [1.82, 2.24) is 5.43 Å². The summed E-state index contributed by atoms with van der Waals surface area (Å²) < 4.78 is 10.4. The lowest BCUT2D eigenvalue weighted by Gasteiger charge is -2.09. The quantitative estimate of drug-likeness (QED) is 0.498. The summed E-state index contributed by atoms with van der Waals surface area (Å²) in [5, 5.41) is 9.32. The SMILES string of the molecule is COc1ccc(/C=N\NC(=O)CNc2cccc3ccccc23)cc1OC. The second-order valence-electron chi connectivity index (χ2n) is 5.79. The van der Waals surface area contributed by atoms with Crippen molar-refractivity contribution in [3.63, 3.8) is 0 Å². The van der Waals surface area contributed by atoms with E-state index in [9.17, 15) is 4.79 Å². The number of nitrogens with zero attached hydrogens (tertiary/aromatic N) is 1. The number of anilines is 1. The Balaban J connectivity index is 1.57. The van der Waals surface area contributed by atoms with Gasteiger partial charge in [-0.05, 0) is 35.2 Å². The van der Waals surface area contributed by atoms with Crippen molar-refractivity contribution in [1.29, 1.82) is 0 Å². The van der Waals surface area contributed by atoms with Crippen LogP contribution in [0.3, 0.4) is 0 Å². The molecule has 0 saturated carbocycles. The van der Waals surface area contributed by atoms with Gasteiger partial charge in [0.15, 0.2) is 11.5 Å². The van der Waals surface area contributed by atoms with Crippen molar-refractivity contribution in [3.8, 4) is 11.5 Å². The van der Waals surface area contributed by atoms with Gasteiger partial charge in [0.2, 0.25) is 0 Å². The number of rotatable bonds is 7. The average molecular weight is 363 g/mol. The van der Waals surface area contributed by atoms with Crippen molar-refractivity contribution >= 4 is 28.6 Å². The molecule has 0 heterocycles. The largest absolute Gasteiger partial charge is 0.493 e. The number of ether oxygens (including phenoxy) is 2. The van der Waals surface area contributed by atoms with Gasteiger partial charge < -0.3 is 14.8 Å². The van der Waals surface area contributed by atoms with Gasteiger partial charge in [-0.25, -0.2) is 5.43 Å². The van der Waals surface area contributed by atoms with E-state index in [1.54, 1.807) is 32.6 Å². The van der Waals surface area contributed by atoms with Gasteiger partial charge >= 0.3 is 0 Å². The zero-order valence-corrected chi connectivity index (χ0v) is 15.2. The number of amides is 1. The third kappa shape index (κ3) is 4.55. The Hall–Kier alpha value is -3.54. The summed E-state index contributed by atoms with van der Waals surface area (Å²) in [4.78, 5) is 12.0. The van der Waals surface area contributed by atoms with Crippen molar-refractivity contribution in [2.45, 2.75) is 0 Å². The first-order valence-electron chi connectivity index (χ1n) is 8.47. The predicted molar refractivity (Wildman–Crippen MR) is 108 cm³/mol. The van der Waals surface area contributed by atoms with Crippen LogP contribution in [0.15, 0.2) is 65.8 Å². The number of hydrogen-bond donors (Lipinski definition) is 2. The molecule has 2 N–H and O–H groups in total. The molecular weight excluding hydrogens is 342 g/mol. The molecule has 6 heteroatoms. The minimum atomic E-state index is -0.236. The van der Waals surface area contributed by atoms with Crippen LogP contribution in [-0.2, 0) is 4.79 Å². The number of fused-ring (bicyclic) bond motifs is 1. The second kappa shape index (κ2) is 8.71. The molecule has 3 aromatic carbocycles. The molecule has 138 valence electrons. The van der Waals surface area contributed by atoms with Crippen LogP contribution in [0.25, 0.3) is 10.8 Å². The van der Waals surface area contributed by atoms with E-state index in [2.05, 4.69) is 15.8 Å². The smallest absolute Gasteiger partial charge is 0.259 e. The third-order valence-corrected chi connectivity index (χ3v) is 4.04. The molecule has 0 saturated heterocycles. The van der Waals surface area contributed by atoms with E-state index in [1.807, 2.05) is 48.5 Å². The molecule has 3 rings (SSSR count). The van der Waals surface area contributed by atoms with Gasteiger partial charge in [0.25, 0.3) is 5.91 Å². The number of carbonyl (C=O) groups excluding carboxylic acids is 1. The lowest BCUT2D eigenvalue weighted by atomic mass is 10.1. The van der Waals surface area contributed by atoms with Crippen LogP contribution >= 0.6 is 0 Å². The highest BCUT2D eigenvalue weighted by Gasteiger charge is 2.04. The van der Waals surface area contributed by atoms with Crippen molar-refractivity contribution in [2.75, 3.05) is 26.1 Å². The van der Waals surface area contributed by atoms with Crippen molar-refractivity contribution in [2.24, 2.45) is 5.10 Å². The Morgan fingerprint density at radius 2 is 1.78 bits per heavy atom. The van der Waals surface area contributed by atoms with Crippen LogP contribution in [0, 0.1) is 0 Å². The van der Waals surface area contributed by atoms with E-state index in [0.29, 0.717) is 11.5 Å². The highest BCUT2D eigenvalue weighted by molar-refractivity contribution is 5.95. The fraction of sp³-hybridized carbons (Fsp3) is 0.143. The van der Waals surface area contributed by atoms with E-state index in [1.165, 1.54) is 0 Å². The van der Waals surface area contributed by atoms with Crippen LogP contribution < -0.4 is 20.2 Å². The van der Waals surface area contributed by atoms with E-state index < -0.39 is 0 Å². The first-order chi connectivity index (χ1) is 13.2. The van der Waals surface area contributed by atoms with Gasteiger partial charge in [-0.15, -0.1) is 0 Å². The van der Waals surface area contributed by atoms with Crippen LogP contribution in [0.4, 0.5) is 5.69 Å². The first-order valence-corrected chi connectivity index (χ1v) is 8.47. The van der Waals surface area contributed by atoms with Gasteiger partial charge in [-0.3, -0.25) is 4.79 Å². The standard InChI is InChI=1S/C21H21N3O3/c1-26-19-11-10-15(12-20(19)27-2)13-23-24-21(25)14-22-18-9-5-7-16-6-3-4-8-17(16)18/h3-13,22H,14H2,1-2H3,(H,24,25)/b23-13-. The van der Waals surface area contributed by atoms with Gasteiger partial charge in [0, 0.05) is 11.1 Å². The number of benzene rings is 3. The summed E-state index contributed by atoms with van der Waals surface area (Å²) in [6.45, 7) is 0.122. The zero-order valence-electron chi connectivity index (χ0n) is 15.2. The van der Waals surface area contributed by atoms with Crippen molar-refractivity contribution in [3.05, 3.63) is 66.2 Å². The number of hydrazone groups is 1. The Kier molecular flexibility index (Phi) is 5.89. The van der Waals surface area contributed by atoms with Gasteiger partial charge in [-0.1, -0.05) is 36.4 Å². The Morgan fingerprint density at radius 1 is 1.00 bits per heavy atom. The second-order valence-corrected chi connectivity index (χ2v) is 5.79. The topological polar surface area (TPSA) is 72.0 Å². The van der Waals surface area contributed by atoms with Crippen LogP contribution in [0.2, 0.25) is 0 Å². The Bertz CT molecular complexity index is 965. The number of methoxy groups -OCH3 is 2. The zero-order chi connectivity index (χ0) is 19.1. The van der Waals surface area contributed by atoms with Gasteiger partial charge in [-0.2, -0.15) is 5.10 Å². The highest BCUT2D eigenvalue weighted by atomic mass is 16.5. The maximum atomic E-state index is 12.0. The Labute approximate surface area is 157 Å². The van der Waals surface area contributed by atoms with Crippen molar-refractivity contribution < 1.29 is 14.3 Å². The molecular formula is C21H21N3O3. The maximum Gasteiger partial charge on any atom is 0.259 e. The molecule has 0 spiro atoms. The summed E-state index contributed by atoms with van der Waals surface area (Å²) in [5.41, 5.74) is 4.21. The molecule has 0 atom stereocenters. The third-order valence-electron chi connectivity index (χ3n) is 4.04. The number of nitrogens with one attached hydrogen (secondary N) is 2. The van der Waals surface area contributed by atoms with Gasteiger partial charge in [0.1, 0.15) is 0 Å². The van der Waals surface area contributed by atoms with Crippen LogP contribution in [0.1, 0.15) is 5.56 Å². The fourth-order valence-corrected chi connectivity index (χ4v) is 2.71. The van der Waals surface area contributed by atoms with Crippen LogP contribution in [-0.4, -0.2) is 32.9 Å². The summed E-state index contributed by atoms with van der Waals surface area (Å²) in [7, 11) is 3.15. The average Bonchev–Trinajstić information content (AvgIpc) is 2.72. The summed E-state index contributed by atoms with van der Waals surface area (Å²) in [6, 6.07) is 19.3. The fourth-order valence-electron chi connectivity index (χ4n) is 2.71. The minimum absolute atomic E-state index is 0.122. The minimum Gasteiger partial charge on any atom is -0.493 e. The molecule has 6 nitrogen and oxygen atoms in total. The summed E-state index contributed by atoms with van der Waals surface area (Å²) in [6.07, 6.45) is 1.55. The van der Waals surface area contributed by atoms with Crippen LogP contribution in [0.5, 0.6) is 11.5 Å². The molecule has 3 aromatic rings. The monoisotopic (exact) mass is 363 g/mol. The number of carbonyl (C=O) groups is 1. The molecule has 0 fully saturated rings. The molecule has 1 amide bonds. The molecule has 0 bridgehead atoms. The summed E-state index contributed by atoms with van der Waals surface area (Å²) in [5.74, 6) is 1.00. The molecule has 0 aromatic heterocycles. The molecule has 0 aliphatic carbocycles. The predicted octanol–water partition coefficient (Wildman–Crippen LogP) is 3.42. The normalized spacial score (nSPS) is 10.7. The number of hydrogen-bond acceptors (Lipinski definition) is 5. The van der Waals surface area contributed by atoms with E-state index >= 15 is 0 Å². The molecule has 0 aliphatic rings. The highest BCUT2D eigenvalue weighted by Crippen LogP contribution is 2.26. The van der Waals surface area contributed by atoms with E-state index in [-0.39, 0.29) is 12.5 Å².